The van der Waals surface area contributed by atoms with Crippen LogP contribution in [0.2, 0.25) is 5.02 Å². The van der Waals surface area contributed by atoms with Crippen molar-refractivity contribution in [1.29, 1.82) is 0 Å². The van der Waals surface area contributed by atoms with Crippen LogP contribution in [-0.2, 0) is 21.2 Å². The van der Waals surface area contributed by atoms with Crippen molar-refractivity contribution in [1.82, 2.24) is 10.0 Å². The van der Waals surface area contributed by atoms with E-state index in [-0.39, 0.29) is 33.9 Å². The Balaban J connectivity index is 2.33. The Labute approximate surface area is 177 Å². The summed E-state index contributed by atoms with van der Waals surface area (Å²) in [5.41, 5.74) is 0.844. The summed E-state index contributed by atoms with van der Waals surface area (Å²) in [6.45, 7) is 6.45. The molecular formula is C21H27ClN2O4S. The maximum atomic E-state index is 13.1. The summed E-state index contributed by atoms with van der Waals surface area (Å²) >= 11 is 6.01. The highest BCUT2D eigenvalue weighted by Gasteiger charge is 2.28. The molecule has 2 N–H and O–H groups in total. The Morgan fingerprint density at radius 1 is 1.14 bits per heavy atom. The summed E-state index contributed by atoms with van der Waals surface area (Å²) < 4.78 is 34.2. The third kappa shape index (κ3) is 7.03. The zero-order valence-corrected chi connectivity index (χ0v) is 18.4. The van der Waals surface area contributed by atoms with Gasteiger partial charge < -0.3 is 10.1 Å². The fourth-order valence-corrected chi connectivity index (χ4v) is 4.29. The van der Waals surface area contributed by atoms with Gasteiger partial charge in [0.2, 0.25) is 15.9 Å². The zero-order valence-electron chi connectivity index (χ0n) is 16.8. The van der Waals surface area contributed by atoms with Gasteiger partial charge in [0.15, 0.2) is 0 Å². The second-order valence-corrected chi connectivity index (χ2v) is 9.15. The summed E-state index contributed by atoms with van der Waals surface area (Å²) in [7, 11) is -4.06. The minimum absolute atomic E-state index is 0.0958. The Morgan fingerprint density at radius 2 is 1.83 bits per heavy atom. The van der Waals surface area contributed by atoms with E-state index in [0.717, 1.165) is 5.56 Å². The molecule has 0 aliphatic rings. The average Bonchev–Trinajstić information content (AvgIpc) is 2.67. The highest BCUT2D eigenvalue weighted by Crippen LogP contribution is 2.27. The van der Waals surface area contributed by atoms with E-state index in [2.05, 4.69) is 10.0 Å². The molecule has 0 saturated heterocycles. The normalized spacial score (nSPS) is 12.6. The average molecular weight is 439 g/mol. The van der Waals surface area contributed by atoms with Crippen molar-refractivity contribution in [2.24, 2.45) is 5.92 Å². The maximum absolute atomic E-state index is 13.1. The summed E-state index contributed by atoms with van der Waals surface area (Å²) in [5.74, 6) is 0.0435. The quantitative estimate of drug-likeness (QED) is 0.595. The molecule has 0 radical (unpaired) electrons. The second-order valence-electron chi connectivity index (χ2n) is 7.03. The second kappa shape index (κ2) is 10.6. The fourth-order valence-electron chi connectivity index (χ4n) is 2.68. The van der Waals surface area contributed by atoms with Gasteiger partial charge >= 0.3 is 0 Å². The van der Waals surface area contributed by atoms with Gasteiger partial charge in [-0.05, 0) is 43.0 Å². The SMILES string of the molecule is CCOc1ccc(Cl)cc1S(=O)(=O)NC(Cc1ccccc1)C(=O)NCC(C)C. The molecule has 0 heterocycles. The molecule has 2 rings (SSSR count). The van der Waals surface area contributed by atoms with Gasteiger partial charge in [-0.25, -0.2) is 8.42 Å². The molecule has 0 aliphatic carbocycles. The van der Waals surface area contributed by atoms with Crippen LogP contribution in [0.4, 0.5) is 0 Å². The molecule has 29 heavy (non-hydrogen) atoms. The lowest BCUT2D eigenvalue weighted by atomic mass is 10.1. The highest BCUT2D eigenvalue weighted by atomic mass is 35.5. The number of hydrogen-bond donors (Lipinski definition) is 2. The molecule has 0 bridgehead atoms. The minimum Gasteiger partial charge on any atom is -0.492 e. The van der Waals surface area contributed by atoms with E-state index in [1.807, 2.05) is 44.2 Å². The van der Waals surface area contributed by atoms with E-state index in [1.165, 1.54) is 12.1 Å². The Morgan fingerprint density at radius 3 is 2.45 bits per heavy atom. The van der Waals surface area contributed by atoms with Crippen LogP contribution in [-0.4, -0.2) is 33.5 Å². The summed E-state index contributed by atoms with van der Waals surface area (Å²) in [5, 5.41) is 3.07. The number of sulfonamides is 1. The zero-order chi connectivity index (χ0) is 21.4. The molecule has 2 aromatic rings. The smallest absolute Gasteiger partial charge is 0.245 e. The number of ether oxygens (including phenoxy) is 1. The Kier molecular flexibility index (Phi) is 8.49. The molecule has 1 atom stereocenters. The molecule has 0 saturated carbocycles. The number of carbonyl (C=O) groups excluding carboxylic acids is 1. The van der Waals surface area contributed by atoms with Crippen molar-refractivity contribution in [2.75, 3.05) is 13.2 Å². The van der Waals surface area contributed by atoms with Gasteiger partial charge in [-0.15, -0.1) is 0 Å². The molecule has 0 spiro atoms. The lowest BCUT2D eigenvalue weighted by molar-refractivity contribution is -0.122. The molecular weight excluding hydrogens is 412 g/mol. The molecule has 2 aromatic carbocycles. The molecule has 1 amide bonds. The number of benzene rings is 2. The topological polar surface area (TPSA) is 84.5 Å². The number of amides is 1. The molecule has 1 unspecified atom stereocenters. The molecule has 0 fully saturated rings. The Bertz CT molecular complexity index is 918. The maximum Gasteiger partial charge on any atom is 0.245 e. The van der Waals surface area contributed by atoms with Crippen LogP contribution < -0.4 is 14.8 Å². The standard InChI is InChI=1S/C21H27ClN2O4S/c1-4-28-19-11-10-17(22)13-20(19)29(26,27)24-18(21(25)23-14-15(2)3)12-16-8-6-5-7-9-16/h5-11,13,15,18,24H,4,12,14H2,1-3H3,(H,23,25). The van der Waals surface area contributed by atoms with Crippen molar-refractivity contribution in [2.45, 2.75) is 38.1 Å². The lowest BCUT2D eigenvalue weighted by Gasteiger charge is -2.20. The van der Waals surface area contributed by atoms with E-state index in [4.69, 9.17) is 16.3 Å². The van der Waals surface area contributed by atoms with Gasteiger partial charge in [-0.2, -0.15) is 4.72 Å². The van der Waals surface area contributed by atoms with Crippen LogP contribution in [0.15, 0.2) is 53.4 Å². The Hall–Kier alpha value is -2.09. The van der Waals surface area contributed by atoms with E-state index in [0.29, 0.717) is 13.2 Å². The molecule has 6 nitrogen and oxygen atoms in total. The first-order chi connectivity index (χ1) is 13.7. The highest BCUT2D eigenvalue weighted by molar-refractivity contribution is 7.89. The third-order valence-corrected chi connectivity index (χ3v) is 5.80. The number of nitrogens with one attached hydrogen (secondary N) is 2. The predicted molar refractivity (Wildman–Crippen MR) is 115 cm³/mol. The fraction of sp³-hybridized carbons (Fsp3) is 0.381. The van der Waals surface area contributed by atoms with E-state index in [9.17, 15) is 13.2 Å². The summed E-state index contributed by atoms with van der Waals surface area (Å²) in [6, 6.07) is 12.7. The molecule has 0 aromatic heterocycles. The number of carbonyl (C=O) groups is 1. The third-order valence-electron chi connectivity index (χ3n) is 4.08. The van der Waals surface area contributed by atoms with Crippen LogP contribution in [0.25, 0.3) is 0 Å². The van der Waals surface area contributed by atoms with Crippen LogP contribution in [0.1, 0.15) is 26.3 Å². The lowest BCUT2D eigenvalue weighted by Crippen LogP contribution is -2.48. The van der Waals surface area contributed by atoms with Gasteiger partial charge in [0.1, 0.15) is 16.7 Å². The van der Waals surface area contributed by atoms with Crippen molar-refractivity contribution in [3.8, 4) is 5.75 Å². The molecule has 158 valence electrons. The van der Waals surface area contributed by atoms with E-state index < -0.39 is 16.1 Å². The monoisotopic (exact) mass is 438 g/mol. The van der Waals surface area contributed by atoms with E-state index >= 15 is 0 Å². The van der Waals surface area contributed by atoms with Gasteiger partial charge in [0, 0.05) is 11.6 Å². The number of halogens is 1. The predicted octanol–water partition coefficient (Wildman–Crippen LogP) is 3.40. The van der Waals surface area contributed by atoms with Gasteiger partial charge in [-0.3, -0.25) is 4.79 Å². The summed E-state index contributed by atoms with van der Waals surface area (Å²) in [6.07, 6.45) is 0.217. The minimum atomic E-state index is -4.06. The number of hydrogen-bond acceptors (Lipinski definition) is 4. The first kappa shape index (κ1) is 23.2. The molecule has 0 aliphatic heterocycles. The summed E-state index contributed by atoms with van der Waals surface area (Å²) in [4.78, 5) is 12.6. The van der Waals surface area contributed by atoms with Crippen molar-refractivity contribution in [3.63, 3.8) is 0 Å². The van der Waals surface area contributed by atoms with Crippen LogP contribution in [0.3, 0.4) is 0 Å². The van der Waals surface area contributed by atoms with Crippen molar-refractivity contribution >= 4 is 27.5 Å². The molecule has 8 heteroatoms. The number of rotatable bonds is 10. The van der Waals surface area contributed by atoms with Gasteiger partial charge in [0.25, 0.3) is 0 Å². The van der Waals surface area contributed by atoms with Crippen molar-refractivity contribution in [3.05, 3.63) is 59.1 Å². The van der Waals surface area contributed by atoms with Gasteiger partial charge in [0.05, 0.1) is 6.61 Å². The van der Waals surface area contributed by atoms with Gasteiger partial charge in [-0.1, -0.05) is 55.8 Å². The first-order valence-corrected chi connectivity index (χ1v) is 11.4. The largest absolute Gasteiger partial charge is 0.492 e. The van der Waals surface area contributed by atoms with Crippen molar-refractivity contribution < 1.29 is 17.9 Å². The van der Waals surface area contributed by atoms with Crippen LogP contribution >= 0.6 is 11.6 Å². The van der Waals surface area contributed by atoms with E-state index in [1.54, 1.807) is 13.0 Å². The van der Waals surface area contributed by atoms with Crippen LogP contribution in [0.5, 0.6) is 5.75 Å². The first-order valence-electron chi connectivity index (χ1n) is 9.49. The van der Waals surface area contributed by atoms with Crippen LogP contribution in [0, 0.1) is 5.92 Å².